The van der Waals surface area contributed by atoms with E-state index in [0.717, 1.165) is 22.6 Å². The molecule has 31 heavy (non-hydrogen) atoms. The van der Waals surface area contributed by atoms with Gasteiger partial charge in [0.2, 0.25) is 15.9 Å². The van der Waals surface area contributed by atoms with Crippen molar-refractivity contribution in [1.29, 1.82) is 0 Å². The molecule has 3 rings (SSSR count). The molecule has 0 atom stereocenters. The van der Waals surface area contributed by atoms with Crippen molar-refractivity contribution in [2.24, 2.45) is 0 Å². The predicted molar refractivity (Wildman–Crippen MR) is 125 cm³/mol. The molecule has 0 aliphatic heterocycles. The minimum Gasteiger partial charge on any atom is -0.492 e. The summed E-state index contributed by atoms with van der Waals surface area (Å²) >= 11 is 0. The van der Waals surface area contributed by atoms with Crippen molar-refractivity contribution in [1.82, 2.24) is 5.32 Å². The third kappa shape index (κ3) is 6.21. The Morgan fingerprint density at radius 1 is 1.00 bits per heavy atom. The maximum absolute atomic E-state index is 12.4. The third-order valence-corrected chi connectivity index (χ3v) is 6.08. The zero-order valence-electron chi connectivity index (χ0n) is 17.9. The van der Waals surface area contributed by atoms with Crippen LogP contribution in [0, 0.1) is 0 Å². The third-order valence-electron chi connectivity index (χ3n) is 4.90. The number of hydrogen-bond donors (Lipinski definition) is 1. The monoisotopic (exact) mass is 440 g/mol. The van der Waals surface area contributed by atoms with E-state index >= 15 is 0 Å². The van der Waals surface area contributed by atoms with Crippen LogP contribution in [0.2, 0.25) is 0 Å². The smallest absolute Gasteiger partial charge is 0.232 e. The van der Waals surface area contributed by atoms with Crippen molar-refractivity contribution in [2.45, 2.75) is 26.3 Å². The van der Waals surface area contributed by atoms with E-state index in [0.29, 0.717) is 31.0 Å². The maximum Gasteiger partial charge on any atom is 0.232 e. The summed E-state index contributed by atoms with van der Waals surface area (Å²) in [6.45, 7) is 2.92. The molecule has 164 valence electrons. The van der Waals surface area contributed by atoms with Gasteiger partial charge in [-0.25, -0.2) is 8.42 Å². The Morgan fingerprint density at radius 2 is 1.71 bits per heavy atom. The fourth-order valence-corrected chi connectivity index (χ4v) is 4.40. The molecule has 3 aromatic rings. The van der Waals surface area contributed by atoms with E-state index in [2.05, 4.69) is 17.4 Å². The molecule has 0 radical (unpaired) electrons. The second-order valence-corrected chi connectivity index (χ2v) is 9.20. The van der Waals surface area contributed by atoms with Crippen molar-refractivity contribution >= 4 is 32.4 Å². The number of para-hydroxylation sites is 2. The average molecular weight is 441 g/mol. The molecule has 7 heteroatoms. The molecule has 0 bridgehead atoms. The number of ether oxygens (including phenoxy) is 1. The molecule has 6 nitrogen and oxygen atoms in total. The highest BCUT2D eigenvalue weighted by atomic mass is 32.2. The highest BCUT2D eigenvalue weighted by Crippen LogP contribution is 2.30. The lowest BCUT2D eigenvalue weighted by Gasteiger charge is -2.24. The molecule has 3 aromatic carbocycles. The van der Waals surface area contributed by atoms with Gasteiger partial charge in [0.05, 0.1) is 18.6 Å². The number of nitrogens with zero attached hydrogens (tertiary/aromatic N) is 1. The SMILES string of the molecule is CCOc1ccccc1N(CCCC(=O)NCc1ccc2ccccc2c1)S(C)(=O)=O. The molecule has 0 saturated carbocycles. The Labute approximate surface area is 183 Å². The number of hydrogen-bond acceptors (Lipinski definition) is 4. The first kappa shape index (κ1) is 22.6. The highest BCUT2D eigenvalue weighted by Gasteiger charge is 2.21. The van der Waals surface area contributed by atoms with Crippen LogP contribution < -0.4 is 14.4 Å². The summed E-state index contributed by atoms with van der Waals surface area (Å²) in [7, 11) is -3.51. The van der Waals surface area contributed by atoms with Gasteiger partial charge >= 0.3 is 0 Å². The van der Waals surface area contributed by atoms with Gasteiger partial charge in [-0.3, -0.25) is 9.10 Å². The van der Waals surface area contributed by atoms with E-state index in [1.807, 2.05) is 37.3 Å². The van der Waals surface area contributed by atoms with Crippen LogP contribution in [0.4, 0.5) is 5.69 Å². The van der Waals surface area contributed by atoms with Crippen molar-refractivity contribution in [3.8, 4) is 5.75 Å². The predicted octanol–water partition coefficient (Wildman–Crippen LogP) is 4.10. The van der Waals surface area contributed by atoms with Gasteiger partial charge < -0.3 is 10.1 Å². The summed E-state index contributed by atoms with van der Waals surface area (Å²) in [6, 6.07) is 21.2. The lowest BCUT2D eigenvalue weighted by Crippen LogP contribution is -2.32. The zero-order chi connectivity index (χ0) is 22.3. The number of anilines is 1. The minimum absolute atomic E-state index is 0.111. The second kappa shape index (κ2) is 10.3. The fourth-order valence-electron chi connectivity index (χ4n) is 3.43. The van der Waals surface area contributed by atoms with Crippen molar-refractivity contribution in [3.63, 3.8) is 0 Å². The summed E-state index contributed by atoms with van der Waals surface area (Å²) < 4.78 is 31.6. The molecule has 0 fully saturated rings. The van der Waals surface area contributed by atoms with Crippen LogP contribution >= 0.6 is 0 Å². The Kier molecular flexibility index (Phi) is 7.52. The Morgan fingerprint density at radius 3 is 2.45 bits per heavy atom. The average Bonchev–Trinajstić information content (AvgIpc) is 2.75. The first-order valence-electron chi connectivity index (χ1n) is 10.3. The quantitative estimate of drug-likeness (QED) is 0.515. The van der Waals surface area contributed by atoms with E-state index in [4.69, 9.17) is 4.74 Å². The van der Waals surface area contributed by atoms with Gasteiger partial charge in [-0.05, 0) is 47.9 Å². The Hall–Kier alpha value is -3.06. The molecule has 0 aromatic heterocycles. The van der Waals surface area contributed by atoms with Crippen molar-refractivity contribution < 1.29 is 17.9 Å². The first-order chi connectivity index (χ1) is 14.9. The van der Waals surface area contributed by atoms with Crippen LogP contribution in [0.15, 0.2) is 66.7 Å². The maximum atomic E-state index is 12.4. The van der Waals surface area contributed by atoms with Gasteiger partial charge in [0.25, 0.3) is 0 Å². The van der Waals surface area contributed by atoms with E-state index in [1.165, 1.54) is 4.31 Å². The van der Waals surface area contributed by atoms with Crippen LogP contribution in [0.5, 0.6) is 5.75 Å². The summed E-state index contributed by atoms with van der Waals surface area (Å²) in [4.78, 5) is 12.3. The highest BCUT2D eigenvalue weighted by molar-refractivity contribution is 7.92. The number of fused-ring (bicyclic) bond motifs is 1. The van der Waals surface area contributed by atoms with Gasteiger partial charge in [0.15, 0.2) is 0 Å². The number of amides is 1. The Bertz CT molecular complexity index is 1150. The lowest BCUT2D eigenvalue weighted by molar-refractivity contribution is -0.121. The molecule has 0 spiro atoms. The number of benzene rings is 3. The van der Waals surface area contributed by atoms with Crippen molar-refractivity contribution in [2.75, 3.05) is 23.7 Å². The van der Waals surface area contributed by atoms with Crippen molar-refractivity contribution in [3.05, 3.63) is 72.3 Å². The van der Waals surface area contributed by atoms with E-state index in [-0.39, 0.29) is 18.9 Å². The fraction of sp³-hybridized carbons (Fsp3) is 0.292. The van der Waals surface area contributed by atoms with E-state index in [9.17, 15) is 13.2 Å². The molecule has 1 amide bonds. The first-order valence-corrected chi connectivity index (χ1v) is 12.2. The van der Waals surface area contributed by atoms with Crippen LogP contribution in [-0.4, -0.2) is 33.7 Å². The van der Waals surface area contributed by atoms with E-state index < -0.39 is 10.0 Å². The van der Waals surface area contributed by atoms with Gasteiger partial charge in [-0.1, -0.05) is 48.5 Å². The number of rotatable bonds is 10. The topological polar surface area (TPSA) is 75.7 Å². The summed E-state index contributed by atoms with van der Waals surface area (Å²) in [6.07, 6.45) is 1.79. The van der Waals surface area contributed by atoms with Gasteiger partial charge in [0.1, 0.15) is 5.75 Å². The molecule has 0 unspecified atom stereocenters. The number of carbonyl (C=O) groups is 1. The summed E-state index contributed by atoms with van der Waals surface area (Å²) in [5, 5.41) is 5.20. The van der Waals surface area contributed by atoms with Gasteiger partial charge in [-0.15, -0.1) is 0 Å². The van der Waals surface area contributed by atoms with E-state index in [1.54, 1.807) is 24.3 Å². The van der Waals surface area contributed by atoms with Crippen LogP contribution in [0.1, 0.15) is 25.3 Å². The molecular weight excluding hydrogens is 412 g/mol. The number of sulfonamides is 1. The van der Waals surface area contributed by atoms with Gasteiger partial charge in [-0.2, -0.15) is 0 Å². The largest absolute Gasteiger partial charge is 0.492 e. The normalized spacial score (nSPS) is 11.3. The molecule has 0 saturated heterocycles. The molecular formula is C24H28N2O4S. The van der Waals surface area contributed by atoms with Gasteiger partial charge in [0, 0.05) is 19.5 Å². The molecule has 0 aliphatic carbocycles. The summed E-state index contributed by atoms with van der Waals surface area (Å²) in [5.41, 5.74) is 1.51. The zero-order valence-corrected chi connectivity index (χ0v) is 18.7. The summed E-state index contributed by atoms with van der Waals surface area (Å²) in [5.74, 6) is 0.399. The molecule has 1 N–H and O–H groups in total. The van der Waals surface area contributed by atoms with Crippen LogP contribution in [0.3, 0.4) is 0 Å². The Balaban J connectivity index is 1.57. The van der Waals surface area contributed by atoms with Crippen LogP contribution in [0.25, 0.3) is 10.8 Å². The number of nitrogens with one attached hydrogen (secondary N) is 1. The standard InChI is InChI=1S/C24H28N2O4S/c1-3-30-23-12-7-6-11-22(23)26(31(2,28)29)16-8-13-24(27)25-18-19-14-15-20-9-4-5-10-21(20)17-19/h4-7,9-12,14-15,17H,3,8,13,16,18H2,1-2H3,(H,25,27). The minimum atomic E-state index is -3.51. The second-order valence-electron chi connectivity index (χ2n) is 7.30. The molecule has 0 aliphatic rings. The van der Waals surface area contributed by atoms with Crippen LogP contribution in [-0.2, 0) is 21.4 Å². The lowest BCUT2D eigenvalue weighted by atomic mass is 10.1. The molecule has 0 heterocycles. The number of carbonyl (C=O) groups excluding carboxylic acids is 1.